The van der Waals surface area contributed by atoms with Crippen molar-refractivity contribution in [3.05, 3.63) is 57.6 Å². The first-order valence-electron chi connectivity index (χ1n) is 8.01. The first-order valence-corrected chi connectivity index (χ1v) is 8.80. The number of nitrogens with one attached hydrogen (secondary N) is 1. The Balaban J connectivity index is 2.00. The zero-order chi connectivity index (χ0) is 19.4. The van der Waals surface area contributed by atoms with Gasteiger partial charge in [-0.25, -0.2) is 9.49 Å². The maximum atomic E-state index is 13.5. The van der Waals surface area contributed by atoms with Crippen molar-refractivity contribution in [3.8, 4) is 22.9 Å². The van der Waals surface area contributed by atoms with E-state index in [1.165, 1.54) is 23.9 Å². The number of rotatable bonds is 6. The molecule has 0 saturated heterocycles. The van der Waals surface area contributed by atoms with Crippen LogP contribution in [0, 0.1) is 10.6 Å². The van der Waals surface area contributed by atoms with E-state index >= 15 is 0 Å². The summed E-state index contributed by atoms with van der Waals surface area (Å²) in [7, 11) is 1.52. The Kier molecular flexibility index (Phi) is 5.88. The fraction of sp³-hybridized carbons (Fsp3) is 0.167. The highest BCUT2D eigenvalue weighted by molar-refractivity contribution is 7.71. The molecule has 0 aliphatic heterocycles. The molecule has 3 aromatic rings. The third kappa shape index (κ3) is 4.17. The number of aromatic nitrogens is 3. The fourth-order valence-corrected chi connectivity index (χ4v) is 2.94. The van der Waals surface area contributed by atoms with Crippen molar-refractivity contribution in [3.63, 3.8) is 0 Å². The Bertz CT molecular complexity index is 1050. The summed E-state index contributed by atoms with van der Waals surface area (Å²) >= 11 is 11.5. The van der Waals surface area contributed by atoms with Gasteiger partial charge in [0.25, 0.3) is 0 Å². The van der Waals surface area contributed by atoms with Gasteiger partial charge in [0.2, 0.25) is 4.77 Å². The van der Waals surface area contributed by atoms with Crippen LogP contribution in [0.25, 0.3) is 11.4 Å². The van der Waals surface area contributed by atoms with Crippen LogP contribution in [0.5, 0.6) is 11.5 Å². The summed E-state index contributed by atoms with van der Waals surface area (Å²) in [4.78, 5) is 0. The molecular formula is C18H16ClFN4O2S. The van der Waals surface area contributed by atoms with Gasteiger partial charge < -0.3 is 9.47 Å². The van der Waals surface area contributed by atoms with E-state index in [4.69, 9.17) is 33.3 Å². The van der Waals surface area contributed by atoms with Crippen LogP contribution >= 0.6 is 23.8 Å². The quantitative estimate of drug-likeness (QED) is 0.476. The molecule has 140 valence electrons. The van der Waals surface area contributed by atoms with E-state index in [2.05, 4.69) is 15.3 Å². The molecular weight excluding hydrogens is 391 g/mol. The molecule has 1 heterocycles. The van der Waals surface area contributed by atoms with E-state index in [9.17, 15) is 4.39 Å². The second-order valence-electron chi connectivity index (χ2n) is 5.39. The number of hydrogen-bond donors (Lipinski definition) is 1. The van der Waals surface area contributed by atoms with Crippen LogP contribution in [0.1, 0.15) is 12.5 Å². The van der Waals surface area contributed by atoms with Crippen molar-refractivity contribution in [1.29, 1.82) is 0 Å². The third-order valence-electron chi connectivity index (χ3n) is 3.59. The molecule has 9 heteroatoms. The molecule has 1 aromatic heterocycles. The van der Waals surface area contributed by atoms with Gasteiger partial charge in [-0.15, -0.1) is 0 Å². The van der Waals surface area contributed by atoms with Crippen LogP contribution in [0.3, 0.4) is 0 Å². The van der Waals surface area contributed by atoms with Crippen molar-refractivity contribution in [2.75, 3.05) is 13.7 Å². The van der Waals surface area contributed by atoms with E-state index in [0.29, 0.717) is 40.1 Å². The second-order valence-corrected chi connectivity index (χ2v) is 6.18. The van der Waals surface area contributed by atoms with E-state index < -0.39 is 0 Å². The van der Waals surface area contributed by atoms with Gasteiger partial charge >= 0.3 is 0 Å². The highest BCUT2D eigenvalue weighted by Crippen LogP contribution is 2.36. The van der Waals surface area contributed by atoms with Gasteiger partial charge in [-0.1, -0.05) is 23.7 Å². The Morgan fingerprint density at radius 3 is 2.89 bits per heavy atom. The lowest BCUT2D eigenvalue weighted by atomic mass is 10.2. The van der Waals surface area contributed by atoms with Crippen molar-refractivity contribution < 1.29 is 13.9 Å². The lowest BCUT2D eigenvalue weighted by molar-refractivity contribution is 0.311. The number of ether oxygens (including phenoxy) is 2. The smallest absolute Gasteiger partial charge is 0.216 e. The third-order valence-corrected chi connectivity index (χ3v) is 4.14. The molecule has 0 spiro atoms. The number of halogens is 2. The van der Waals surface area contributed by atoms with Crippen molar-refractivity contribution in [1.82, 2.24) is 14.9 Å². The largest absolute Gasteiger partial charge is 0.491 e. The van der Waals surface area contributed by atoms with E-state index in [-0.39, 0.29) is 10.6 Å². The summed E-state index contributed by atoms with van der Waals surface area (Å²) in [5, 5.41) is 11.5. The van der Waals surface area contributed by atoms with Gasteiger partial charge in [0, 0.05) is 5.56 Å². The molecule has 0 bridgehead atoms. The van der Waals surface area contributed by atoms with Crippen LogP contribution in [-0.4, -0.2) is 34.8 Å². The molecule has 0 saturated carbocycles. The fourth-order valence-electron chi connectivity index (χ4n) is 2.46. The molecule has 0 amide bonds. The lowest BCUT2D eigenvalue weighted by Gasteiger charge is -2.11. The second kappa shape index (κ2) is 8.32. The molecule has 6 nitrogen and oxygen atoms in total. The summed E-state index contributed by atoms with van der Waals surface area (Å²) in [6, 6.07) is 9.47. The van der Waals surface area contributed by atoms with Gasteiger partial charge in [-0.2, -0.15) is 14.9 Å². The van der Waals surface area contributed by atoms with Gasteiger partial charge in [-0.3, -0.25) is 0 Å². The van der Waals surface area contributed by atoms with E-state index in [1.54, 1.807) is 30.5 Å². The number of benzene rings is 2. The van der Waals surface area contributed by atoms with Crippen LogP contribution in [0.4, 0.5) is 4.39 Å². The molecule has 27 heavy (non-hydrogen) atoms. The topological polar surface area (TPSA) is 64.4 Å². The minimum Gasteiger partial charge on any atom is -0.491 e. The first kappa shape index (κ1) is 19.1. The zero-order valence-corrected chi connectivity index (χ0v) is 16.1. The predicted octanol–water partition coefficient (Wildman–Crippen LogP) is 4.69. The average molecular weight is 407 g/mol. The number of methoxy groups -OCH3 is 1. The minimum atomic E-state index is -0.375. The standard InChI is InChI=1S/C18H16ClFN4O2S/c1-3-26-15-8-11(7-14(19)16(15)25-2)10-21-24-17(22-23-18(24)27)12-5-4-6-13(20)9-12/h4-10H,3H2,1-2H3,(H,23,27)/b21-10-. The molecule has 0 fully saturated rings. The Hall–Kier alpha value is -2.71. The highest BCUT2D eigenvalue weighted by atomic mass is 35.5. The SMILES string of the molecule is CCOc1cc(/C=N\n2c(-c3cccc(F)c3)n[nH]c2=S)cc(Cl)c1OC. The number of H-pyrrole nitrogens is 1. The zero-order valence-electron chi connectivity index (χ0n) is 14.6. The monoisotopic (exact) mass is 406 g/mol. The summed E-state index contributed by atoms with van der Waals surface area (Å²) in [5.41, 5.74) is 1.22. The summed E-state index contributed by atoms with van der Waals surface area (Å²) in [5.74, 6) is 0.978. The summed E-state index contributed by atoms with van der Waals surface area (Å²) < 4.78 is 26.0. The molecule has 0 aliphatic rings. The van der Waals surface area contributed by atoms with E-state index in [1.807, 2.05) is 6.92 Å². The molecule has 0 radical (unpaired) electrons. The summed E-state index contributed by atoms with van der Waals surface area (Å²) in [6.07, 6.45) is 1.56. The lowest BCUT2D eigenvalue weighted by Crippen LogP contribution is -1.99. The van der Waals surface area contributed by atoms with E-state index in [0.717, 1.165) is 0 Å². The van der Waals surface area contributed by atoms with Crippen LogP contribution in [0.15, 0.2) is 41.5 Å². The average Bonchev–Trinajstić information content (AvgIpc) is 3.01. The highest BCUT2D eigenvalue weighted by Gasteiger charge is 2.12. The number of hydrogen-bond acceptors (Lipinski definition) is 5. The Labute approximate surface area is 165 Å². The van der Waals surface area contributed by atoms with Crippen molar-refractivity contribution in [2.24, 2.45) is 5.10 Å². The molecule has 0 atom stereocenters. The maximum absolute atomic E-state index is 13.5. The molecule has 2 aromatic carbocycles. The molecule has 0 unspecified atom stereocenters. The van der Waals surface area contributed by atoms with Gasteiger partial charge in [0.15, 0.2) is 17.3 Å². The van der Waals surface area contributed by atoms with Crippen LogP contribution in [-0.2, 0) is 0 Å². The Morgan fingerprint density at radius 1 is 1.37 bits per heavy atom. The van der Waals surface area contributed by atoms with Crippen molar-refractivity contribution >= 4 is 30.0 Å². The normalized spacial score (nSPS) is 11.1. The molecule has 1 N–H and O–H groups in total. The van der Waals surface area contributed by atoms with Gasteiger partial charge in [0.05, 0.1) is 25.0 Å². The maximum Gasteiger partial charge on any atom is 0.216 e. The van der Waals surface area contributed by atoms with Crippen molar-refractivity contribution in [2.45, 2.75) is 6.92 Å². The first-order chi connectivity index (χ1) is 13.0. The molecule has 0 aliphatic carbocycles. The predicted molar refractivity (Wildman–Crippen MR) is 105 cm³/mol. The van der Waals surface area contributed by atoms with Crippen LogP contribution in [0.2, 0.25) is 5.02 Å². The minimum absolute atomic E-state index is 0.273. The summed E-state index contributed by atoms with van der Waals surface area (Å²) in [6.45, 7) is 2.33. The van der Waals surface area contributed by atoms with Crippen LogP contribution < -0.4 is 9.47 Å². The number of aromatic amines is 1. The Morgan fingerprint density at radius 2 is 2.19 bits per heavy atom. The molecule has 3 rings (SSSR count). The number of nitrogens with zero attached hydrogens (tertiary/aromatic N) is 3. The van der Waals surface area contributed by atoms with Gasteiger partial charge in [-0.05, 0) is 49.0 Å². The van der Waals surface area contributed by atoms with Gasteiger partial charge in [0.1, 0.15) is 5.82 Å².